The predicted molar refractivity (Wildman–Crippen MR) is 64.9 cm³/mol. The maximum absolute atomic E-state index is 12.2. The SMILES string of the molecule is COC(=O)C1CC2C([C@@H]2C)N1C(=O)OC(C)(C)C. The highest BCUT2D eigenvalue weighted by molar-refractivity contribution is 5.83. The number of amides is 1. The van der Waals surface area contributed by atoms with Gasteiger partial charge in [-0.15, -0.1) is 0 Å². The molecule has 0 radical (unpaired) electrons. The highest BCUT2D eigenvalue weighted by Crippen LogP contribution is 2.53. The van der Waals surface area contributed by atoms with Gasteiger partial charge in [-0.3, -0.25) is 4.90 Å². The van der Waals surface area contributed by atoms with Gasteiger partial charge in [-0.25, -0.2) is 9.59 Å². The van der Waals surface area contributed by atoms with Crippen LogP contribution < -0.4 is 0 Å². The van der Waals surface area contributed by atoms with E-state index in [2.05, 4.69) is 6.92 Å². The maximum atomic E-state index is 12.2. The van der Waals surface area contributed by atoms with E-state index in [9.17, 15) is 9.59 Å². The molecule has 1 aliphatic carbocycles. The van der Waals surface area contributed by atoms with Gasteiger partial charge in [-0.05, 0) is 39.0 Å². The Morgan fingerprint density at radius 2 is 1.89 bits per heavy atom. The fraction of sp³-hybridized carbons (Fsp3) is 0.846. The smallest absolute Gasteiger partial charge is 0.411 e. The number of fused-ring (bicyclic) bond motifs is 1. The molecule has 2 aliphatic rings. The van der Waals surface area contributed by atoms with Gasteiger partial charge in [-0.2, -0.15) is 0 Å². The van der Waals surface area contributed by atoms with E-state index in [1.807, 2.05) is 20.8 Å². The Hall–Kier alpha value is -1.26. The van der Waals surface area contributed by atoms with Crippen molar-refractivity contribution in [3.05, 3.63) is 0 Å². The Bertz CT molecular complexity index is 374. The third kappa shape index (κ3) is 2.18. The number of methoxy groups -OCH3 is 1. The first-order valence-corrected chi connectivity index (χ1v) is 6.35. The molecule has 0 N–H and O–H groups in total. The molecule has 3 unspecified atom stereocenters. The van der Waals surface area contributed by atoms with Gasteiger partial charge in [-0.1, -0.05) is 6.92 Å². The maximum Gasteiger partial charge on any atom is 0.411 e. The predicted octanol–water partition coefficient (Wildman–Crippen LogP) is 1.80. The largest absolute Gasteiger partial charge is 0.467 e. The molecular weight excluding hydrogens is 234 g/mol. The summed E-state index contributed by atoms with van der Waals surface area (Å²) in [5.41, 5.74) is -0.548. The molecule has 1 saturated carbocycles. The zero-order valence-corrected chi connectivity index (χ0v) is 11.6. The van der Waals surface area contributed by atoms with Gasteiger partial charge in [0.15, 0.2) is 0 Å². The second kappa shape index (κ2) is 4.14. The number of nitrogens with zero attached hydrogens (tertiary/aromatic N) is 1. The van der Waals surface area contributed by atoms with E-state index < -0.39 is 17.7 Å². The van der Waals surface area contributed by atoms with Gasteiger partial charge in [0.05, 0.1) is 7.11 Å². The fourth-order valence-corrected chi connectivity index (χ4v) is 2.82. The van der Waals surface area contributed by atoms with E-state index in [-0.39, 0.29) is 12.0 Å². The van der Waals surface area contributed by atoms with Gasteiger partial charge in [0.25, 0.3) is 0 Å². The Morgan fingerprint density at radius 1 is 1.28 bits per heavy atom. The third-order valence-corrected chi connectivity index (χ3v) is 3.74. The Kier molecular flexibility index (Phi) is 3.03. The molecule has 1 saturated heterocycles. The average molecular weight is 255 g/mol. The van der Waals surface area contributed by atoms with Crippen LogP contribution in [0.5, 0.6) is 0 Å². The third-order valence-electron chi connectivity index (χ3n) is 3.74. The van der Waals surface area contributed by atoms with E-state index in [1.54, 1.807) is 4.90 Å². The summed E-state index contributed by atoms with van der Waals surface area (Å²) in [7, 11) is 1.35. The number of ether oxygens (including phenoxy) is 2. The first-order valence-electron chi connectivity index (χ1n) is 6.35. The van der Waals surface area contributed by atoms with E-state index in [1.165, 1.54) is 7.11 Å². The Balaban J connectivity index is 2.11. The van der Waals surface area contributed by atoms with Gasteiger partial charge in [0.2, 0.25) is 0 Å². The number of piperidine rings is 1. The van der Waals surface area contributed by atoms with Crippen LogP contribution in [0.4, 0.5) is 4.79 Å². The first kappa shape index (κ1) is 13.2. The van der Waals surface area contributed by atoms with Crippen LogP contribution >= 0.6 is 0 Å². The van der Waals surface area contributed by atoms with Gasteiger partial charge < -0.3 is 9.47 Å². The number of hydrogen-bond donors (Lipinski definition) is 0. The topological polar surface area (TPSA) is 55.8 Å². The quantitative estimate of drug-likeness (QED) is 0.670. The first-order chi connectivity index (χ1) is 8.26. The number of esters is 1. The van der Waals surface area contributed by atoms with Crippen molar-refractivity contribution >= 4 is 12.1 Å². The molecule has 0 spiro atoms. The van der Waals surface area contributed by atoms with Crippen molar-refractivity contribution in [2.24, 2.45) is 11.8 Å². The fourth-order valence-electron chi connectivity index (χ4n) is 2.82. The zero-order valence-electron chi connectivity index (χ0n) is 11.6. The number of carbonyl (C=O) groups is 2. The van der Waals surface area contributed by atoms with Crippen LogP contribution in [-0.4, -0.2) is 41.8 Å². The minimum absolute atomic E-state index is 0.143. The minimum atomic E-state index is -0.548. The van der Waals surface area contributed by atoms with Crippen molar-refractivity contribution in [1.82, 2.24) is 4.90 Å². The molecule has 0 aromatic carbocycles. The highest BCUT2D eigenvalue weighted by atomic mass is 16.6. The van der Waals surface area contributed by atoms with Crippen molar-refractivity contribution in [3.8, 4) is 0 Å². The Labute approximate surface area is 107 Å². The summed E-state index contributed by atoms with van der Waals surface area (Å²) < 4.78 is 10.1. The van der Waals surface area contributed by atoms with Crippen LogP contribution in [0.15, 0.2) is 0 Å². The molecule has 4 atom stereocenters. The molecule has 2 fully saturated rings. The summed E-state index contributed by atoms with van der Waals surface area (Å²) in [4.78, 5) is 25.4. The number of hydrogen-bond acceptors (Lipinski definition) is 4. The lowest BCUT2D eigenvalue weighted by atomic mass is 10.1. The molecule has 1 amide bonds. The highest BCUT2D eigenvalue weighted by Gasteiger charge is 2.62. The summed E-state index contributed by atoms with van der Waals surface area (Å²) >= 11 is 0. The van der Waals surface area contributed by atoms with Gasteiger partial charge in [0, 0.05) is 6.04 Å². The molecule has 2 rings (SSSR count). The number of carbonyl (C=O) groups excluding carboxylic acids is 2. The van der Waals surface area contributed by atoms with Crippen LogP contribution in [0.2, 0.25) is 0 Å². The second-order valence-corrected chi connectivity index (χ2v) is 6.18. The average Bonchev–Trinajstić information content (AvgIpc) is 2.74. The number of likely N-dealkylation sites (tertiary alicyclic amines) is 1. The second-order valence-electron chi connectivity index (χ2n) is 6.18. The van der Waals surface area contributed by atoms with Crippen molar-refractivity contribution < 1.29 is 19.1 Å². The molecule has 5 nitrogen and oxygen atoms in total. The van der Waals surface area contributed by atoms with Crippen molar-refractivity contribution in [2.45, 2.75) is 51.8 Å². The lowest BCUT2D eigenvalue weighted by Gasteiger charge is -2.29. The monoisotopic (exact) mass is 255 g/mol. The summed E-state index contributed by atoms with van der Waals surface area (Å²) in [5, 5.41) is 0. The molecule has 102 valence electrons. The van der Waals surface area contributed by atoms with E-state index in [4.69, 9.17) is 9.47 Å². The van der Waals surface area contributed by atoms with Crippen LogP contribution in [0.25, 0.3) is 0 Å². The summed E-state index contributed by atoms with van der Waals surface area (Å²) in [5.74, 6) is 0.528. The van der Waals surface area contributed by atoms with Crippen molar-refractivity contribution in [1.29, 1.82) is 0 Å². The lowest BCUT2D eigenvalue weighted by Crippen LogP contribution is -2.46. The minimum Gasteiger partial charge on any atom is -0.467 e. The summed E-state index contributed by atoms with van der Waals surface area (Å²) in [6, 6.07) is -0.333. The van der Waals surface area contributed by atoms with Gasteiger partial charge in [0.1, 0.15) is 11.6 Å². The van der Waals surface area contributed by atoms with Crippen LogP contribution in [0.1, 0.15) is 34.1 Å². The number of rotatable bonds is 1. The van der Waals surface area contributed by atoms with E-state index >= 15 is 0 Å². The van der Waals surface area contributed by atoms with Crippen LogP contribution in [-0.2, 0) is 14.3 Å². The van der Waals surface area contributed by atoms with E-state index in [0.717, 1.165) is 0 Å². The lowest BCUT2D eigenvalue weighted by molar-refractivity contribution is -0.146. The Morgan fingerprint density at radius 3 is 2.39 bits per heavy atom. The molecule has 5 heteroatoms. The van der Waals surface area contributed by atoms with Crippen molar-refractivity contribution in [2.75, 3.05) is 7.11 Å². The van der Waals surface area contributed by atoms with Gasteiger partial charge >= 0.3 is 12.1 Å². The molecule has 0 bridgehead atoms. The standard InChI is InChI=1S/C13H21NO4/c1-7-8-6-9(11(15)17-5)14(10(7)8)12(16)18-13(2,3)4/h7-10H,6H2,1-5H3/t7-,8?,9?,10?/m1/s1. The molecule has 1 aliphatic heterocycles. The summed E-state index contributed by atoms with van der Waals surface area (Å²) in [6.07, 6.45) is 0.285. The molecule has 0 aromatic rings. The summed E-state index contributed by atoms with van der Waals surface area (Å²) in [6.45, 7) is 7.56. The molecular formula is C13H21NO4. The molecule has 1 heterocycles. The zero-order chi connectivity index (χ0) is 13.7. The van der Waals surface area contributed by atoms with E-state index in [0.29, 0.717) is 18.3 Å². The van der Waals surface area contributed by atoms with Crippen molar-refractivity contribution in [3.63, 3.8) is 0 Å². The molecule has 0 aromatic heterocycles. The molecule has 18 heavy (non-hydrogen) atoms. The van der Waals surface area contributed by atoms with Crippen LogP contribution in [0, 0.1) is 11.8 Å². The van der Waals surface area contributed by atoms with Crippen LogP contribution in [0.3, 0.4) is 0 Å². The normalized spacial score (nSPS) is 33.9.